The molecule has 11 heteroatoms. The number of esters is 3. The molecule has 2 aliphatic heterocycles. The van der Waals surface area contributed by atoms with Gasteiger partial charge in [0.2, 0.25) is 0 Å². The van der Waals surface area contributed by atoms with Crippen molar-refractivity contribution in [3.63, 3.8) is 0 Å². The van der Waals surface area contributed by atoms with Gasteiger partial charge < -0.3 is 33.9 Å². The SMILES string of the molecule is CC(=O)OC1C(OC(C)=O)[C@@]2(C)C3CCC4C(C)(C)C(OC(=O)CC5(C(=O)O)CCCC5)CC[C@@]45C[C@@]35CC[C@@]23CO[C@@]2(C(C)(C)O)CCC(C)(O2)[C@@H]13. The minimum Gasteiger partial charge on any atom is -0.481 e. The van der Waals surface area contributed by atoms with Crippen LogP contribution in [0.2, 0.25) is 0 Å². The Balaban J connectivity index is 1.14. The first-order chi connectivity index (χ1) is 24.6. The fourth-order valence-electron chi connectivity index (χ4n) is 15.4. The third kappa shape index (κ3) is 4.74. The molecule has 0 aromatic carbocycles. The van der Waals surface area contributed by atoms with Crippen molar-refractivity contribution in [2.45, 2.75) is 181 Å². The summed E-state index contributed by atoms with van der Waals surface area (Å²) < 4.78 is 32.9. The molecule has 0 aromatic rings. The number of ether oxygens (including phenoxy) is 5. The molecule has 11 nitrogen and oxygen atoms in total. The number of carboxylic acid groups (broad SMARTS) is 1. The highest BCUT2D eigenvalue weighted by molar-refractivity contribution is 5.82. The second-order valence-electron chi connectivity index (χ2n) is 20.5. The van der Waals surface area contributed by atoms with Gasteiger partial charge in [0.15, 0.2) is 5.79 Å². The summed E-state index contributed by atoms with van der Waals surface area (Å²) in [7, 11) is 0. The van der Waals surface area contributed by atoms with Gasteiger partial charge in [0, 0.05) is 42.4 Å². The first kappa shape index (κ1) is 37.7. The Bertz CT molecular complexity index is 1590. The van der Waals surface area contributed by atoms with Gasteiger partial charge in [-0.15, -0.1) is 0 Å². The first-order valence-electron chi connectivity index (χ1n) is 20.4. The zero-order chi connectivity index (χ0) is 38.4. The molecule has 12 atom stereocenters. The van der Waals surface area contributed by atoms with E-state index in [9.17, 15) is 29.4 Å². The molecule has 2 saturated heterocycles. The molecule has 0 aromatic heterocycles. The maximum atomic E-state index is 13.5. The molecule has 6 unspecified atom stereocenters. The van der Waals surface area contributed by atoms with E-state index < -0.39 is 69.3 Å². The third-order valence-corrected chi connectivity index (χ3v) is 17.7. The van der Waals surface area contributed by atoms with E-state index in [1.54, 1.807) is 13.8 Å². The van der Waals surface area contributed by atoms with Crippen molar-refractivity contribution in [3.05, 3.63) is 0 Å². The largest absolute Gasteiger partial charge is 0.481 e. The van der Waals surface area contributed by atoms with E-state index in [1.807, 2.05) is 0 Å². The van der Waals surface area contributed by atoms with E-state index in [-0.39, 0.29) is 40.6 Å². The molecular formula is C42H62O11. The number of aliphatic carboxylic acids is 1. The molecule has 0 radical (unpaired) electrons. The molecule has 53 heavy (non-hydrogen) atoms. The van der Waals surface area contributed by atoms with Crippen molar-refractivity contribution in [3.8, 4) is 0 Å². The number of carboxylic acids is 1. The minimum absolute atomic E-state index is 0.0236. The molecule has 3 spiro atoms. The molecule has 2 bridgehead atoms. The molecule has 8 rings (SSSR count). The van der Waals surface area contributed by atoms with Crippen LogP contribution in [0.15, 0.2) is 0 Å². The topological polar surface area (TPSA) is 155 Å². The third-order valence-electron chi connectivity index (χ3n) is 17.7. The van der Waals surface area contributed by atoms with E-state index in [0.717, 1.165) is 57.8 Å². The Morgan fingerprint density at radius 1 is 0.774 bits per heavy atom. The molecule has 8 aliphatic rings. The van der Waals surface area contributed by atoms with Crippen LogP contribution in [-0.2, 0) is 42.9 Å². The molecule has 2 heterocycles. The highest BCUT2D eigenvalue weighted by Crippen LogP contribution is 2.90. The first-order valence-corrected chi connectivity index (χ1v) is 20.4. The van der Waals surface area contributed by atoms with E-state index >= 15 is 0 Å². The number of aliphatic hydroxyl groups is 1. The van der Waals surface area contributed by atoms with Crippen LogP contribution in [0.5, 0.6) is 0 Å². The Hall–Kier alpha value is -2.24. The van der Waals surface area contributed by atoms with Crippen LogP contribution in [0.25, 0.3) is 0 Å². The number of hydrogen-bond acceptors (Lipinski definition) is 10. The summed E-state index contributed by atoms with van der Waals surface area (Å²) in [5, 5.41) is 21.5. The molecule has 6 aliphatic carbocycles. The summed E-state index contributed by atoms with van der Waals surface area (Å²) in [5.74, 6) is -3.23. The fraction of sp³-hybridized carbons (Fsp3) is 0.905. The van der Waals surface area contributed by atoms with E-state index in [0.29, 0.717) is 38.2 Å². The van der Waals surface area contributed by atoms with Crippen LogP contribution in [-0.4, -0.2) is 76.0 Å². The molecular weight excluding hydrogens is 680 g/mol. The van der Waals surface area contributed by atoms with Crippen LogP contribution in [0, 0.1) is 50.2 Å². The highest BCUT2D eigenvalue weighted by Gasteiger charge is 2.88. The summed E-state index contributed by atoms with van der Waals surface area (Å²) in [5.41, 5.74) is -4.63. The Kier molecular flexibility index (Phi) is 8.12. The van der Waals surface area contributed by atoms with Crippen molar-refractivity contribution in [1.82, 2.24) is 0 Å². The van der Waals surface area contributed by atoms with Crippen molar-refractivity contribution in [1.29, 1.82) is 0 Å². The molecule has 0 amide bonds. The van der Waals surface area contributed by atoms with Crippen LogP contribution < -0.4 is 0 Å². The summed E-state index contributed by atoms with van der Waals surface area (Å²) in [6, 6.07) is 0. The maximum absolute atomic E-state index is 13.5. The monoisotopic (exact) mass is 742 g/mol. The van der Waals surface area contributed by atoms with Gasteiger partial charge in [0.1, 0.15) is 23.9 Å². The van der Waals surface area contributed by atoms with E-state index in [1.165, 1.54) is 13.8 Å². The summed E-state index contributed by atoms with van der Waals surface area (Å²) in [6.07, 6.45) is 8.18. The van der Waals surface area contributed by atoms with Crippen LogP contribution in [0.1, 0.15) is 145 Å². The number of carbonyl (C=O) groups is 4. The average Bonchev–Trinajstić information content (AvgIpc) is 3.24. The van der Waals surface area contributed by atoms with Crippen LogP contribution in [0.3, 0.4) is 0 Å². The Labute approximate surface area is 313 Å². The van der Waals surface area contributed by atoms with Gasteiger partial charge >= 0.3 is 23.9 Å². The fourth-order valence-corrected chi connectivity index (χ4v) is 15.4. The van der Waals surface area contributed by atoms with Gasteiger partial charge in [-0.05, 0) is 108 Å². The van der Waals surface area contributed by atoms with E-state index in [2.05, 4.69) is 27.7 Å². The lowest BCUT2D eigenvalue weighted by Gasteiger charge is -2.64. The normalized spacial score (nSPS) is 48.5. The second-order valence-corrected chi connectivity index (χ2v) is 20.5. The summed E-state index contributed by atoms with van der Waals surface area (Å²) in [4.78, 5) is 51.7. The number of rotatable bonds is 7. The standard InChI is InChI=1S/C42H62O11/c1-24(43)50-30-31-36(7)17-20-42(53-36,35(5,6)48)49-23-41(31)19-18-40-22-39(40)16-13-28(52-29(45)21-38(33(46)47)14-9-10-15-38)34(3,4)26(39)11-12-27(40)37(41,8)32(30)51-25(2)44/h26-28,30-32,48H,9-23H2,1-8H3,(H,46,47)/t26?,27?,28?,30?,31-,32?,36?,37-,39-,40+,41+,42+/m1/s1. The Morgan fingerprint density at radius 2 is 1.40 bits per heavy atom. The lowest BCUT2D eigenvalue weighted by Crippen LogP contribution is -2.63. The van der Waals surface area contributed by atoms with Gasteiger partial charge in [-0.2, -0.15) is 0 Å². The molecule has 2 N–H and O–H groups in total. The predicted molar refractivity (Wildman–Crippen MR) is 190 cm³/mol. The number of carbonyl (C=O) groups excluding carboxylic acids is 3. The van der Waals surface area contributed by atoms with Gasteiger partial charge in [-0.1, -0.05) is 33.6 Å². The van der Waals surface area contributed by atoms with Gasteiger partial charge in [-0.25, -0.2) is 0 Å². The zero-order valence-corrected chi connectivity index (χ0v) is 33.1. The maximum Gasteiger partial charge on any atom is 0.310 e. The smallest absolute Gasteiger partial charge is 0.310 e. The molecule has 296 valence electrons. The average molecular weight is 743 g/mol. The zero-order valence-electron chi connectivity index (χ0n) is 33.1. The lowest BCUT2D eigenvalue weighted by atomic mass is 9.41. The van der Waals surface area contributed by atoms with Crippen LogP contribution in [0.4, 0.5) is 0 Å². The Morgan fingerprint density at radius 3 is 2.02 bits per heavy atom. The van der Waals surface area contributed by atoms with Gasteiger partial charge in [0.05, 0.1) is 24.0 Å². The van der Waals surface area contributed by atoms with Crippen molar-refractivity contribution in [2.75, 3.05) is 6.61 Å². The van der Waals surface area contributed by atoms with Crippen molar-refractivity contribution >= 4 is 23.9 Å². The summed E-state index contributed by atoms with van der Waals surface area (Å²) >= 11 is 0. The summed E-state index contributed by atoms with van der Waals surface area (Å²) in [6.45, 7) is 15.5. The molecule has 6 saturated carbocycles. The number of hydrogen-bond donors (Lipinski definition) is 2. The van der Waals surface area contributed by atoms with E-state index in [4.69, 9.17) is 23.7 Å². The van der Waals surface area contributed by atoms with Crippen molar-refractivity contribution < 1.29 is 53.1 Å². The second kappa shape index (κ2) is 11.4. The van der Waals surface area contributed by atoms with Crippen molar-refractivity contribution in [2.24, 2.45) is 50.2 Å². The predicted octanol–water partition coefficient (Wildman–Crippen LogP) is 6.50. The van der Waals surface area contributed by atoms with Gasteiger partial charge in [-0.3, -0.25) is 19.2 Å². The molecule has 8 fully saturated rings. The minimum atomic E-state index is -1.28. The highest BCUT2D eigenvalue weighted by atomic mass is 16.7. The number of fused-ring (bicyclic) bond motifs is 4. The van der Waals surface area contributed by atoms with Gasteiger partial charge in [0.25, 0.3) is 0 Å². The van der Waals surface area contributed by atoms with Crippen LogP contribution >= 0.6 is 0 Å². The lowest BCUT2D eigenvalue weighted by molar-refractivity contribution is -0.316. The quantitative estimate of drug-likeness (QED) is 0.217.